The molecule has 0 fully saturated rings. The number of nitrogens with zero attached hydrogens (tertiary/aromatic N) is 4. The van der Waals surface area contributed by atoms with Gasteiger partial charge in [0.25, 0.3) is 5.56 Å². The smallest absolute Gasteiger partial charge is 0.329 e. The minimum absolute atomic E-state index is 0.366. The SMILES string of the molecule is CCCCN(CCCC)c1nc2c(c(=O)[nH]c(=O)n2C)n1CC. The zero-order valence-corrected chi connectivity index (χ0v) is 14.6. The maximum Gasteiger partial charge on any atom is 0.329 e. The molecule has 128 valence electrons. The van der Waals surface area contributed by atoms with Crippen LogP contribution in [0.25, 0.3) is 11.2 Å². The lowest BCUT2D eigenvalue weighted by molar-refractivity contribution is 0.640. The van der Waals surface area contributed by atoms with Gasteiger partial charge in [0, 0.05) is 26.7 Å². The molecule has 0 saturated heterocycles. The zero-order chi connectivity index (χ0) is 17.0. The summed E-state index contributed by atoms with van der Waals surface area (Å²) in [5, 5.41) is 0. The summed E-state index contributed by atoms with van der Waals surface area (Å²) in [6, 6.07) is 0. The van der Waals surface area contributed by atoms with Crippen molar-refractivity contribution in [1.82, 2.24) is 19.1 Å². The number of fused-ring (bicyclic) bond motifs is 1. The van der Waals surface area contributed by atoms with Crippen LogP contribution in [0.1, 0.15) is 46.5 Å². The van der Waals surface area contributed by atoms with E-state index < -0.39 is 5.69 Å². The zero-order valence-electron chi connectivity index (χ0n) is 14.6. The normalized spacial score (nSPS) is 11.3. The van der Waals surface area contributed by atoms with Crippen LogP contribution in [0.5, 0.6) is 0 Å². The molecule has 0 radical (unpaired) electrons. The summed E-state index contributed by atoms with van der Waals surface area (Å²) in [6.45, 7) is 8.77. The quantitative estimate of drug-likeness (QED) is 0.805. The molecule has 2 aromatic rings. The number of unbranched alkanes of at least 4 members (excludes halogenated alkanes) is 2. The third kappa shape index (κ3) is 3.33. The number of aryl methyl sites for hydroxylation is 2. The van der Waals surface area contributed by atoms with Gasteiger partial charge in [0.05, 0.1) is 0 Å². The second-order valence-corrected chi connectivity index (χ2v) is 5.84. The first kappa shape index (κ1) is 17.3. The molecule has 23 heavy (non-hydrogen) atoms. The molecule has 0 bridgehead atoms. The minimum Gasteiger partial charge on any atom is -0.342 e. The van der Waals surface area contributed by atoms with E-state index in [0.717, 1.165) is 44.7 Å². The maximum atomic E-state index is 12.2. The Morgan fingerprint density at radius 1 is 1.09 bits per heavy atom. The van der Waals surface area contributed by atoms with Crippen molar-refractivity contribution in [1.29, 1.82) is 0 Å². The Hall–Kier alpha value is -2.05. The number of imidazole rings is 1. The third-order valence-electron chi connectivity index (χ3n) is 4.15. The fraction of sp³-hybridized carbons (Fsp3) is 0.688. The molecular weight excluding hydrogens is 294 g/mol. The molecule has 7 heteroatoms. The van der Waals surface area contributed by atoms with Gasteiger partial charge in [-0.1, -0.05) is 26.7 Å². The Balaban J connectivity index is 2.61. The fourth-order valence-corrected chi connectivity index (χ4v) is 2.77. The molecular formula is C16H27N5O2. The molecule has 0 aliphatic heterocycles. The van der Waals surface area contributed by atoms with Crippen LogP contribution in [-0.2, 0) is 13.6 Å². The molecule has 0 atom stereocenters. The summed E-state index contributed by atoms with van der Waals surface area (Å²) in [5.41, 5.74) is 0.134. The van der Waals surface area contributed by atoms with Gasteiger partial charge in [-0.2, -0.15) is 4.98 Å². The second-order valence-electron chi connectivity index (χ2n) is 5.84. The summed E-state index contributed by atoms with van der Waals surface area (Å²) in [4.78, 5) is 33.3. The molecule has 0 saturated carbocycles. The van der Waals surface area contributed by atoms with Gasteiger partial charge in [-0.3, -0.25) is 14.3 Å². The van der Waals surface area contributed by atoms with Crippen molar-refractivity contribution in [2.75, 3.05) is 18.0 Å². The topological polar surface area (TPSA) is 75.9 Å². The van der Waals surface area contributed by atoms with Gasteiger partial charge in [-0.15, -0.1) is 0 Å². The largest absolute Gasteiger partial charge is 0.342 e. The van der Waals surface area contributed by atoms with Gasteiger partial charge < -0.3 is 9.47 Å². The Morgan fingerprint density at radius 2 is 1.70 bits per heavy atom. The van der Waals surface area contributed by atoms with E-state index in [-0.39, 0.29) is 5.56 Å². The first-order chi connectivity index (χ1) is 11.0. The molecule has 0 unspecified atom stereocenters. The summed E-state index contributed by atoms with van der Waals surface area (Å²) in [5.74, 6) is 0.788. The van der Waals surface area contributed by atoms with Crippen LogP contribution in [0.2, 0.25) is 0 Å². The number of anilines is 1. The fourth-order valence-electron chi connectivity index (χ4n) is 2.77. The predicted molar refractivity (Wildman–Crippen MR) is 93.3 cm³/mol. The van der Waals surface area contributed by atoms with Crippen LogP contribution in [0.4, 0.5) is 5.95 Å². The molecule has 0 aliphatic carbocycles. The van der Waals surface area contributed by atoms with Crippen LogP contribution in [0.3, 0.4) is 0 Å². The van der Waals surface area contributed by atoms with E-state index in [1.54, 1.807) is 7.05 Å². The van der Waals surface area contributed by atoms with Gasteiger partial charge in [0.15, 0.2) is 11.2 Å². The maximum absolute atomic E-state index is 12.2. The van der Waals surface area contributed by atoms with Gasteiger partial charge in [0.1, 0.15) is 0 Å². The molecule has 0 spiro atoms. The van der Waals surface area contributed by atoms with E-state index in [2.05, 4.69) is 28.7 Å². The molecule has 2 rings (SSSR count). The molecule has 0 amide bonds. The lowest BCUT2D eigenvalue weighted by Gasteiger charge is -2.24. The average Bonchev–Trinajstić information content (AvgIpc) is 2.93. The van der Waals surface area contributed by atoms with E-state index in [0.29, 0.717) is 17.7 Å². The third-order valence-corrected chi connectivity index (χ3v) is 4.15. The molecule has 2 aromatic heterocycles. The van der Waals surface area contributed by atoms with Crippen LogP contribution in [-0.4, -0.2) is 32.2 Å². The Bertz CT molecular complexity index is 763. The average molecular weight is 321 g/mol. The van der Waals surface area contributed by atoms with E-state index in [1.807, 2.05) is 11.5 Å². The van der Waals surface area contributed by atoms with E-state index in [1.165, 1.54) is 4.57 Å². The van der Waals surface area contributed by atoms with Crippen molar-refractivity contribution in [3.8, 4) is 0 Å². The van der Waals surface area contributed by atoms with E-state index >= 15 is 0 Å². The molecule has 1 N–H and O–H groups in total. The highest BCUT2D eigenvalue weighted by molar-refractivity contribution is 5.74. The van der Waals surface area contributed by atoms with Gasteiger partial charge in [-0.25, -0.2) is 4.79 Å². The second kappa shape index (κ2) is 7.48. The monoisotopic (exact) mass is 321 g/mol. The van der Waals surface area contributed by atoms with Crippen LogP contribution < -0.4 is 16.1 Å². The number of H-pyrrole nitrogens is 1. The number of hydrogen-bond donors (Lipinski definition) is 1. The summed E-state index contributed by atoms with van der Waals surface area (Å²) >= 11 is 0. The van der Waals surface area contributed by atoms with Crippen molar-refractivity contribution in [2.24, 2.45) is 7.05 Å². The van der Waals surface area contributed by atoms with Crippen molar-refractivity contribution >= 4 is 17.1 Å². The lowest BCUT2D eigenvalue weighted by atomic mass is 10.3. The Labute approximate surface area is 135 Å². The highest BCUT2D eigenvalue weighted by Gasteiger charge is 2.20. The van der Waals surface area contributed by atoms with Crippen LogP contribution in [0, 0.1) is 0 Å². The highest BCUT2D eigenvalue weighted by atomic mass is 16.2. The lowest BCUT2D eigenvalue weighted by Crippen LogP contribution is -2.30. The number of hydrogen-bond acceptors (Lipinski definition) is 4. The highest BCUT2D eigenvalue weighted by Crippen LogP contribution is 2.20. The predicted octanol–water partition coefficient (Wildman–Crippen LogP) is 1.85. The minimum atomic E-state index is -0.427. The number of aromatic amines is 1. The summed E-state index contributed by atoms with van der Waals surface area (Å²) in [7, 11) is 1.64. The summed E-state index contributed by atoms with van der Waals surface area (Å²) < 4.78 is 3.32. The summed E-state index contributed by atoms with van der Waals surface area (Å²) in [6.07, 6.45) is 4.36. The van der Waals surface area contributed by atoms with E-state index in [9.17, 15) is 9.59 Å². The first-order valence-electron chi connectivity index (χ1n) is 8.49. The number of aromatic nitrogens is 4. The van der Waals surface area contributed by atoms with Gasteiger partial charge in [-0.05, 0) is 19.8 Å². The van der Waals surface area contributed by atoms with Gasteiger partial charge >= 0.3 is 5.69 Å². The standard InChI is InChI=1S/C16H27N5O2/c1-5-8-10-20(11-9-6-2)15-17-13-12(21(15)7-3)14(22)18-16(23)19(13)4/h5-11H2,1-4H3,(H,18,22,23). The van der Waals surface area contributed by atoms with Crippen LogP contribution in [0.15, 0.2) is 9.59 Å². The first-order valence-corrected chi connectivity index (χ1v) is 8.49. The number of nitrogens with one attached hydrogen (secondary N) is 1. The molecule has 7 nitrogen and oxygen atoms in total. The Morgan fingerprint density at radius 3 is 2.22 bits per heavy atom. The van der Waals surface area contributed by atoms with Crippen molar-refractivity contribution < 1.29 is 0 Å². The van der Waals surface area contributed by atoms with Crippen molar-refractivity contribution in [3.05, 3.63) is 20.8 Å². The molecule has 0 aromatic carbocycles. The van der Waals surface area contributed by atoms with Gasteiger partial charge in [0.2, 0.25) is 5.95 Å². The van der Waals surface area contributed by atoms with E-state index in [4.69, 9.17) is 0 Å². The molecule has 0 aliphatic rings. The van der Waals surface area contributed by atoms with Crippen LogP contribution >= 0.6 is 0 Å². The Kier molecular flexibility index (Phi) is 5.63. The number of rotatable bonds is 8. The molecule has 2 heterocycles. The van der Waals surface area contributed by atoms with Crippen molar-refractivity contribution in [3.63, 3.8) is 0 Å². The van der Waals surface area contributed by atoms with Crippen molar-refractivity contribution in [2.45, 2.75) is 53.0 Å².